The van der Waals surface area contributed by atoms with E-state index in [0.717, 1.165) is 25.1 Å². The Balaban J connectivity index is 1.59. The molecule has 0 spiro atoms. The number of fused-ring (bicyclic) bond motifs is 2. The van der Waals surface area contributed by atoms with Gasteiger partial charge < -0.3 is 15.0 Å². The lowest BCUT2D eigenvalue weighted by atomic mass is 10.1. The summed E-state index contributed by atoms with van der Waals surface area (Å²) in [6, 6.07) is 10.2. The average Bonchev–Trinajstić information content (AvgIpc) is 3.09. The number of aromatic nitrogens is 2. The third-order valence-corrected chi connectivity index (χ3v) is 5.21. The number of pyridine rings is 2. The molecule has 27 heavy (non-hydrogen) atoms. The summed E-state index contributed by atoms with van der Waals surface area (Å²) in [5, 5.41) is 13.0. The van der Waals surface area contributed by atoms with Crippen LogP contribution in [0.2, 0.25) is 0 Å². The van der Waals surface area contributed by atoms with E-state index in [1.165, 1.54) is 17.3 Å². The molecule has 2 aromatic heterocycles. The Kier molecular flexibility index (Phi) is 4.39. The number of hydrogen-bond donors (Lipinski definition) is 2. The van der Waals surface area contributed by atoms with Crippen LogP contribution < -0.4 is 10.7 Å². The van der Waals surface area contributed by atoms with Gasteiger partial charge in [-0.3, -0.25) is 4.79 Å². The Labute approximate surface area is 156 Å². The summed E-state index contributed by atoms with van der Waals surface area (Å²) in [5.74, 6) is -0.720. The predicted octanol–water partition coefficient (Wildman–Crippen LogP) is 2.94. The second-order valence-corrected chi connectivity index (χ2v) is 6.98. The third kappa shape index (κ3) is 3.18. The topological polar surface area (TPSA) is 84.2 Å². The molecule has 0 amide bonds. The molecule has 138 valence electrons. The highest BCUT2D eigenvalue weighted by atomic mass is 16.4. The highest BCUT2D eigenvalue weighted by Crippen LogP contribution is 2.26. The van der Waals surface area contributed by atoms with Crippen LogP contribution >= 0.6 is 0 Å². The van der Waals surface area contributed by atoms with Gasteiger partial charge in [0, 0.05) is 19.3 Å². The summed E-state index contributed by atoms with van der Waals surface area (Å²) >= 11 is 0. The molecule has 2 N–H and O–H groups in total. The number of rotatable bonds is 5. The van der Waals surface area contributed by atoms with Crippen molar-refractivity contribution in [2.24, 2.45) is 5.92 Å². The molecule has 3 aromatic rings. The van der Waals surface area contributed by atoms with E-state index in [1.807, 2.05) is 6.92 Å². The minimum Gasteiger partial charge on any atom is -0.477 e. The normalized spacial score (nSPS) is 13.7. The Morgan fingerprint density at radius 2 is 2.00 bits per heavy atom. The number of nitrogens with one attached hydrogen (secondary N) is 1. The van der Waals surface area contributed by atoms with Gasteiger partial charge in [0.1, 0.15) is 11.2 Å². The van der Waals surface area contributed by atoms with Gasteiger partial charge in [-0.05, 0) is 42.9 Å². The van der Waals surface area contributed by atoms with E-state index >= 15 is 0 Å². The number of nitrogens with zero attached hydrogens (tertiary/aromatic N) is 2. The van der Waals surface area contributed by atoms with Crippen molar-refractivity contribution in [3.63, 3.8) is 0 Å². The standard InChI is InChI=1S/C21H21N3O3/c1-2-24-12-18(21(26)27)19(25)17-9-16(11-23-20(17)24)22-10-13-7-14-5-3-4-6-15(14)8-13/h3-6,9,11-13,22H,2,7-8,10H2,1H3,(H,26,27). The van der Waals surface area contributed by atoms with Crippen LogP contribution in [0.15, 0.2) is 47.5 Å². The lowest BCUT2D eigenvalue weighted by Gasteiger charge is -2.14. The maximum absolute atomic E-state index is 12.5. The zero-order valence-electron chi connectivity index (χ0n) is 15.1. The van der Waals surface area contributed by atoms with E-state index < -0.39 is 11.4 Å². The van der Waals surface area contributed by atoms with E-state index in [0.29, 0.717) is 23.5 Å². The highest BCUT2D eigenvalue weighted by Gasteiger charge is 2.21. The van der Waals surface area contributed by atoms with Crippen LogP contribution in [-0.4, -0.2) is 27.2 Å². The number of carbonyl (C=O) groups is 1. The summed E-state index contributed by atoms with van der Waals surface area (Å²) in [4.78, 5) is 28.3. The summed E-state index contributed by atoms with van der Waals surface area (Å²) in [5.41, 5.74) is 3.32. The lowest BCUT2D eigenvalue weighted by Crippen LogP contribution is -2.20. The number of carboxylic acid groups (broad SMARTS) is 1. The van der Waals surface area contributed by atoms with Crippen molar-refractivity contribution in [1.29, 1.82) is 0 Å². The zero-order chi connectivity index (χ0) is 19.0. The quantitative estimate of drug-likeness (QED) is 0.728. The molecular formula is C21H21N3O3. The van der Waals surface area contributed by atoms with Gasteiger partial charge in [0.25, 0.3) is 0 Å². The molecule has 1 aromatic carbocycles. The largest absolute Gasteiger partial charge is 0.477 e. The number of aryl methyl sites for hydroxylation is 1. The summed E-state index contributed by atoms with van der Waals surface area (Å²) in [6.45, 7) is 3.21. The van der Waals surface area contributed by atoms with Crippen LogP contribution in [0.4, 0.5) is 5.69 Å². The van der Waals surface area contributed by atoms with E-state index in [-0.39, 0.29) is 5.56 Å². The predicted molar refractivity (Wildman–Crippen MR) is 104 cm³/mol. The molecule has 1 aliphatic rings. The first-order valence-corrected chi connectivity index (χ1v) is 9.14. The molecule has 2 heterocycles. The number of carboxylic acids is 1. The second kappa shape index (κ2) is 6.87. The van der Waals surface area contributed by atoms with Crippen molar-refractivity contribution in [1.82, 2.24) is 9.55 Å². The van der Waals surface area contributed by atoms with E-state index in [1.54, 1.807) is 16.8 Å². The van der Waals surface area contributed by atoms with Gasteiger partial charge in [-0.2, -0.15) is 0 Å². The van der Waals surface area contributed by atoms with Gasteiger partial charge in [-0.15, -0.1) is 0 Å². The molecule has 0 atom stereocenters. The smallest absolute Gasteiger partial charge is 0.341 e. The van der Waals surface area contributed by atoms with Crippen molar-refractivity contribution >= 4 is 22.7 Å². The van der Waals surface area contributed by atoms with Crippen molar-refractivity contribution in [3.05, 3.63) is 69.6 Å². The zero-order valence-corrected chi connectivity index (χ0v) is 15.1. The first kappa shape index (κ1) is 17.3. The molecule has 6 heteroatoms. The Morgan fingerprint density at radius 3 is 2.63 bits per heavy atom. The summed E-state index contributed by atoms with van der Waals surface area (Å²) < 4.78 is 1.69. The molecule has 6 nitrogen and oxygen atoms in total. The summed E-state index contributed by atoms with van der Waals surface area (Å²) in [6.07, 6.45) is 5.14. The van der Waals surface area contributed by atoms with Crippen LogP contribution in [0, 0.1) is 5.92 Å². The van der Waals surface area contributed by atoms with Crippen LogP contribution in [0.1, 0.15) is 28.4 Å². The van der Waals surface area contributed by atoms with Crippen LogP contribution in [-0.2, 0) is 19.4 Å². The van der Waals surface area contributed by atoms with Crippen molar-refractivity contribution in [3.8, 4) is 0 Å². The first-order valence-electron chi connectivity index (χ1n) is 9.14. The van der Waals surface area contributed by atoms with E-state index in [9.17, 15) is 14.7 Å². The number of anilines is 1. The number of benzene rings is 1. The fourth-order valence-corrected chi connectivity index (χ4v) is 3.82. The SMILES string of the molecule is CCn1cc(C(=O)O)c(=O)c2cc(NCC3Cc4ccccc4C3)cnc21. The fraction of sp³-hybridized carbons (Fsp3) is 0.286. The summed E-state index contributed by atoms with van der Waals surface area (Å²) in [7, 11) is 0. The molecule has 0 saturated heterocycles. The van der Waals surface area contributed by atoms with Gasteiger partial charge in [0.05, 0.1) is 17.3 Å². The monoisotopic (exact) mass is 363 g/mol. The van der Waals surface area contributed by atoms with Gasteiger partial charge in [-0.1, -0.05) is 24.3 Å². The first-order chi connectivity index (χ1) is 13.1. The maximum atomic E-state index is 12.5. The van der Waals surface area contributed by atoms with Crippen LogP contribution in [0.25, 0.3) is 11.0 Å². The third-order valence-electron chi connectivity index (χ3n) is 5.21. The average molecular weight is 363 g/mol. The molecule has 0 saturated carbocycles. The molecule has 0 aliphatic heterocycles. The van der Waals surface area contributed by atoms with Gasteiger partial charge in [-0.25, -0.2) is 9.78 Å². The molecule has 0 radical (unpaired) electrons. The maximum Gasteiger partial charge on any atom is 0.341 e. The van der Waals surface area contributed by atoms with Crippen LogP contribution in [0.3, 0.4) is 0 Å². The minimum atomic E-state index is -1.22. The van der Waals surface area contributed by atoms with Crippen molar-refractivity contribution < 1.29 is 9.90 Å². The van der Waals surface area contributed by atoms with E-state index in [2.05, 4.69) is 34.6 Å². The van der Waals surface area contributed by atoms with Crippen molar-refractivity contribution in [2.75, 3.05) is 11.9 Å². The molecule has 4 rings (SSSR count). The molecular weight excluding hydrogens is 342 g/mol. The lowest BCUT2D eigenvalue weighted by molar-refractivity contribution is 0.0695. The molecule has 0 bridgehead atoms. The van der Waals surface area contributed by atoms with Crippen LogP contribution in [0.5, 0.6) is 0 Å². The fourth-order valence-electron chi connectivity index (χ4n) is 3.82. The Bertz CT molecular complexity index is 1060. The number of aromatic carboxylic acids is 1. The van der Waals surface area contributed by atoms with Gasteiger partial charge in [0.2, 0.25) is 5.43 Å². The molecule has 0 fully saturated rings. The molecule has 0 unspecified atom stereocenters. The van der Waals surface area contributed by atoms with Gasteiger partial charge >= 0.3 is 5.97 Å². The van der Waals surface area contributed by atoms with E-state index in [4.69, 9.17) is 0 Å². The van der Waals surface area contributed by atoms with Gasteiger partial charge in [0.15, 0.2) is 0 Å². The number of hydrogen-bond acceptors (Lipinski definition) is 4. The molecule has 1 aliphatic carbocycles. The van der Waals surface area contributed by atoms with Crippen molar-refractivity contribution in [2.45, 2.75) is 26.3 Å². The minimum absolute atomic E-state index is 0.227. The Hall–Kier alpha value is -3.15. The Morgan fingerprint density at radius 1 is 1.30 bits per heavy atom. The second-order valence-electron chi connectivity index (χ2n) is 6.98. The highest BCUT2D eigenvalue weighted by molar-refractivity contribution is 5.92.